The first-order valence-electron chi connectivity index (χ1n) is 5.98. The quantitative estimate of drug-likeness (QED) is 0.873. The standard InChI is InChI=1S/C12H21N3S/c1-9(12-7-15(3)14-10(12)2)13-6-11-4-5-16-8-11/h7,9,11,13H,4-6,8H2,1-3H3. The molecule has 90 valence electrons. The van der Waals surface area contributed by atoms with E-state index in [1.807, 2.05) is 11.7 Å². The predicted molar refractivity (Wildman–Crippen MR) is 69.8 cm³/mol. The van der Waals surface area contributed by atoms with Crippen molar-refractivity contribution >= 4 is 11.8 Å². The van der Waals surface area contributed by atoms with E-state index < -0.39 is 0 Å². The van der Waals surface area contributed by atoms with Crippen molar-refractivity contribution in [2.24, 2.45) is 13.0 Å². The number of nitrogens with one attached hydrogen (secondary N) is 1. The van der Waals surface area contributed by atoms with Gasteiger partial charge < -0.3 is 5.32 Å². The summed E-state index contributed by atoms with van der Waals surface area (Å²) in [5, 5.41) is 8.01. The fraction of sp³-hybridized carbons (Fsp3) is 0.750. The molecule has 3 nitrogen and oxygen atoms in total. The van der Waals surface area contributed by atoms with E-state index in [9.17, 15) is 0 Å². The maximum atomic E-state index is 4.38. The molecule has 1 aromatic rings. The molecule has 0 bridgehead atoms. The summed E-state index contributed by atoms with van der Waals surface area (Å²) in [6.07, 6.45) is 3.49. The molecule has 16 heavy (non-hydrogen) atoms. The van der Waals surface area contributed by atoms with Crippen molar-refractivity contribution in [1.82, 2.24) is 15.1 Å². The Hall–Kier alpha value is -0.480. The summed E-state index contributed by atoms with van der Waals surface area (Å²) >= 11 is 2.08. The Morgan fingerprint density at radius 2 is 2.50 bits per heavy atom. The van der Waals surface area contributed by atoms with Gasteiger partial charge in [-0.25, -0.2) is 0 Å². The maximum absolute atomic E-state index is 4.38. The highest BCUT2D eigenvalue weighted by molar-refractivity contribution is 7.99. The summed E-state index contributed by atoms with van der Waals surface area (Å²) < 4.78 is 1.90. The lowest BCUT2D eigenvalue weighted by molar-refractivity contribution is 0.476. The zero-order valence-electron chi connectivity index (χ0n) is 10.4. The van der Waals surface area contributed by atoms with Gasteiger partial charge in [0.1, 0.15) is 0 Å². The van der Waals surface area contributed by atoms with Crippen LogP contribution in [0.5, 0.6) is 0 Å². The van der Waals surface area contributed by atoms with Crippen LogP contribution in [0, 0.1) is 12.8 Å². The number of thioether (sulfide) groups is 1. The van der Waals surface area contributed by atoms with Crippen LogP contribution in [-0.4, -0.2) is 27.8 Å². The van der Waals surface area contributed by atoms with E-state index in [-0.39, 0.29) is 0 Å². The van der Waals surface area contributed by atoms with Crippen LogP contribution in [-0.2, 0) is 7.05 Å². The van der Waals surface area contributed by atoms with Crippen molar-refractivity contribution in [3.05, 3.63) is 17.5 Å². The Morgan fingerprint density at radius 3 is 3.06 bits per heavy atom. The zero-order valence-corrected chi connectivity index (χ0v) is 11.2. The summed E-state index contributed by atoms with van der Waals surface area (Å²) in [5.41, 5.74) is 2.47. The zero-order chi connectivity index (χ0) is 11.5. The molecule has 4 heteroatoms. The van der Waals surface area contributed by atoms with E-state index >= 15 is 0 Å². The minimum atomic E-state index is 0.416. The second kappa shape index (κ2) is 5.23. The largest absolute Gasteiger partial charge is 0.310 e. The lowest BCUT2D eigenvalue weighted by Gasteiger charge is -2.16. The van der Waals surface area contributed by atoms with Gasteiger partial charge in [0.15, 0.2) is 0 Å². The summed E-state index contributed by atoms with van der Waals surface area (Å²) in [6.45, 7) is 5.45. The topological polar surface area (TPSA) is 29.9 Å². The smallest absolute Gasteiger partial charge is 0.0641 e. The Labute approximate surface area is 102 Å². The van der Waals surface area contributed by atoms with Gasteiger partial charge in [-0.05, 0) is 44.2 Å². The highest BCUT2D eigenvalue weighted by atomic mass is 32.2. The normalized spacial score (nSPS) is 22.6. The van der Waals surface area contributed by atoms with Crippen LogP contribution >= 0.6 is 11.8 Å². The van der Waals surface area contributed by atoms with Gasteiger partial charge in [-0.2, -0.15) is 16.9 Å². The van der Waals surface area contributed by atoms with Gasteiger partial charge in [-0.15, -0.1) is 0 Å². The molecule has 1 aliphatic rings. The van der Waals surface area contributed by atoms with Crippen LogP contribution in [0.2, 0.25) is 0 Å². The van der Waals surface area contributed by atoms with Gasteiger partial charge in [0.25, 0.3) is 0 Å². The van der Waals surface area contributed by atoms with E-state index in [1.165, 1.54) is 23.5 Å². The third kappa shape index (κ3) is 2.80. The summed E-state index contributed by atoms with van der Waals surface area (Å²) in [7, 11) is 1.98. The summed E-state index contributed by atoms with van der Waals surface area (Å²) in [4.78, 5) is 0. The van der Waals surface area contributed by atoms with Crippen LogP contribution in [0.25, 0.3) is 0 Å². The van der Waals surface area contributed by atoms with Crippen molar-refractivity contribution in [1.29, 1.82) is 0 Å². The fourth-order valence-electron chi connectivity index (χ4n) is 2.24. The van der Waals surface area contributed by atoms with Gasteiger partial charge in [-0.1, -0.05) is 0 Å². The van der Waals surface area contributed by atoms with Crippen LogP contribution in [0.4, 0.5) is 0 Å². The molecule has 1 saturated heterocycles. The van der Waals surface area contributed by atoms with E-state index in [0.717, 1.165) is 18.2 Å². The Bertz CT molecular complexity index is 342. The van der Waals surface area contributed by atoms with E-state index in [1.54, 1.807) is 0 Å². The van der Waals surface area contributed by atoms with Crippen molar-refractivity contribution in [3.8, 4) is 0 Å². The Balaban J connectivity index is 1.87. The summed E-state index contributed by atoms with van der Waals surface area (Å²) in [6, 6.07) is 0.416. The minimum Gasteiger partial charge on any atom is -0.310 e. The molecule has 2 atom stereocenters. The molecule has 0 spiro atoms. The lowest BCUT2D eigenvalue weighted by Crippen LogP contribution is -2.25. The van der Waals surface area contributed by atoms with Crippen molar-refractivity contribution < 1.29 is 0 Å². The van der Waals surface area contributed by atoms with Gasteiger partial charge >= 0.3 is 0 Å². The summed E-state index contributed by atoms with van der Waals surface area (Å²) in [5.74, 6) is 3.53. The predicted octanol–water partition coefficient (Wildman–Crippen LogP) is 2.13. The molecule has 2 unspecified atom stereocenters. The maximum Gasteiger partial charge on any atom is 0.0641 e. The van der Waals surface area contributed by atoms with E-state index in [2.05, 4.69) is 42.2 Å². The number of aromatic nitrogens is 2. The number of aryl methyl sites for hydroxylation is 2. The average molecular weight is 239 g/mol. The molecule has 1 aromatic heterocycles. The monoisotopic (exact) mass is 239 g/mol. The molecule has 0 saturated carbocycles. The number of nitrogens with zero attached hydrogens (tertiary/aromatic N) is 2. The average Bonchev–Trinajstić information content (AvgIpc) is 2.84. The van der Waals surface area contributed by atoms with Crippen molar-refractivity contribution in [3.63, 3.8) is 0 Å². The van der Waals surface area contributed by atoms with Crippen LogP contribution < -0.4 is 5.32 Å². The first-order valence-corrected chi connectivity index (χ1v) is 7.13. The molecule has 0 aromatic carbocycles. The third-order valence-corrected chi connectivity index (χ3v) is 4.49. The van der Waals surface area contributed by atoms with Gasteiger partial charge in [-0.3, -0.25) is 4.68 Å². The lowest BCUT2D eigenvalue weighted by atomic mass is 10.1. The molecular formula is C12H21N3S. The van der Waals surface area contributed by atoms with Gasteiger partial charge in [0.2, 0.25) is 0 Å². The molecule has 2 heterocycles. The van der Waals surface area contributed by atoms with E-state index in [0.29, 0.717) is 6.04 Å². The number of hydrogen-bond donors (Lipinski definition) is 1. The SMILES string of the molecule is Cc1nn(C)cc1C(C)NCC1CCSC1. The second-order valence-electron chi connectivity index (χ2n) is 4.70. The van der Waals surface area contributed by atoms with Gasteiger partial charge in [0.05, 0.1) is 5.69 Å². The number of rotatable bonds is 4. The van der Waals surface area contributed by atoms with E-state index in [4.69, 9.17) is 0 Å². The third-order valence-electron chi connectivity index (χ3n) is 3.25. The number of hydrogen-bond acceptors (Lipinski definition) is 3. The van der Waals surface area contributed by atoms with Gasteiger partial charge in [0, 0.05) is 24.8 Å². The second-order valence-corrected chi connectivity index (χ2v) is 5.85. The molecule has 0 radical (unpaired) electrons. The first-order chi connectivity index (χ1) is 7.66. The molecular weight excluding hydrogens is 218 g/mol. The molecule has 0 aliphatic carbocycles. The molecule has 1 fully saturated rings. The fourth-order valence-corrected chi connectivity index (χ4v) is 3.53. The van der Waals surface area contributed by atoms with Crippen LogP contribution in [0.3, 0.4) is 0 Å². The minimum absolute atomic E-state index is 0.416. The Kier molecular flexibility index (Phi) is 3.92. The Morgan fingerprint density at radius 1 is 1.69 bits per heavy atom. The molecule has 1 N–H and O–H groups in total. The molecule has 2 rings (SSSR count). The highest BCUT2D eigenvalue weighted by Gasteiger charge is 2.17. The molecule has 0 amide bonds. The molecule has 1 aliphatic heterocycles. The van der Waals surface area contributed by atoms with Crippen LogP contribution in [0.15, 0.2) is 6.20 Å². The highest BCUT2D eigenvalue weighted by Crippen LogP contribution is 2.23. The van der Waals surface area contributed by atoms with Crippen LogP contribution in [0.1, 0.15) is 30.6 Å². The van der Waals surface area contributed by atoms with Crippen molar-refractivity contribution in [2.75, 3.05) is 18.1 Å². The first kappa shape index (κ1) is 12.0. The van der Waals surface area contributed by atoms with Crippen molar-refractivity contribution in [2.45, 2.75) is 26.3 Å².